The molecule has 2 aromatic carbocycles. The van der Waals surface area contributed by atoms with Crippen molar-refractivity contribution in [3.05, 3.63) is 54.4 Å². The highest BCUT2D eigenvalue weighted by molar-refractivity contribution is 5.77. The summed E-state index contributed by atoms with van der Waals surface area (Å²) in [5.74, 6) is -3.64. The minimum Gasteiger partial charge on any atom is -0.481 e. The molecule has 3 saturated heterocycles. The number of amides is 1. The molecule has 14 heteroatoms. The van der Waals surface area contributed by atoms with E-state index in [1.165, 1.54) is 18.5 Å². The summed E-state index contributed by atoms with van der Waals surface area (Å²) in [6.45, 7) is 3.46. The van der Waals surface area contributed by atoms with Crippen molar-refractivity contribution in [2.45, 2.75) is 18.1 Å². The summed E-state index contributed by atoms with van der Waals surface area (Å²) in [6.07, 6.45) is -0.319. The van der Waals surface area contributed by atoms with E-state index >= 15 is 0 Å². The van der Waals surface area contributed by atoms with Crippen LogP contribution in [0.15, 0.2) is 48.8 Å². The average Bonchev–Trinajstić information content (AvgIpc) is 3.30. The van der Waals surface area contributed by atoms with Crippen molar-refractivity contribution >= 4 is 23.2 Å². The summed E-state index contributed by atoms with van der Waals surface area (Å²) >= 11 is 0. The number of aliphatic hydroxyl groups excluding tert-OH is 1. The SMILES string of the molecule is N#Cc1cc(-c2ncnc(Nc3ccc(N4CCN(C5COC5)CC4)cc3)n2)ccc1O[C@@H]1CN(C(=O)CO)CC1(F)F. The van der Waals surface area contributed by atoms with E-state index in [0.717, 1.165) is 55.7 Å². The number of ether oxygens (including phenoxy) is 2. The van der Waals surface area contributed by atoms with Gasteiger partial charge in [0.25, 0.3) is 0 Å². The quantitative estimate of drug-likeness (QED) is 0.396. The Balaban J connectivity index is 1.10. The first-order valence-corrected chi connectivity index (χ1v) is 13.9. The minimum absolute atomic E-state index is 0.00704. The van der Waals surface area contributed by atoms with Gasteiger partial charge in [-0.2, -0.15) is 10.2 Å². The molecule has 6 rings (SSSR count). The number of halogens is 2. The molecule has 3 aliphatic heterocycles. The van der Waals surface area contributed by atoms with Crippen LogP contribution in [0.25, 0.3) is 11.4 Å². The smallest absolute Gasteiger partial charge is 0.302 e. The summed E-state index contributed by atoms with van der Waals surface area (Å²) in [4.78, 5) is 30.2. The van der Waals surface area contributed by atoms with Crippen molar-refractivity contribution < 1.29 is 28.2 Å². The molecule has 12 nitrogen and oxygen atoms in total. The van der Waals surface area contributed by atoms with Gasteiger partial charge in [0.2, 0.25) is 11.9 Å². The number of aromatic nitrogens is 3. The number of benzene rings is 2. The fourth-order valence-electron chi connectivity index (χ4n) is 5.34. The van der Waals surface area contributed by atoms with Crippen LogP contribution in [0, 0.1) is 11.3 Å². The summed E-state index contributed by atoms with van der Waals surface area (Å²) in [6, 6.07) is 14.9. The highest BCUT2D eigenvalue weighted by atomic mass is 19.3. The number of hydrogen-bond donors (Lipinski definition) is 2. The summed E-state index contributed by atoms with van der Waals surface area (Å²) < 4.78 is 39.8. The minimum atomic E-state index is -3.34. The first-order valence-electron chi connectivity index (χ1n) is 13.9. The van der Waals surface area contributed by atoms with Gasteiger partial charge in [-0.05, 0) is 42.5 Å². The van der Waals surface area contributed by atoms with Gasteiger partial charge in [-0.15, -0.1) is 0 Å². The molecule has 224 valence electrons. The van der Waals surface area contributed by atoms with Gasteiger partial charge in [0, 0.05) is 43.1 Å². The number of likely N-dealkylation sites (tertiary alicyclic amines) is 1. The first kappa shape index (κ1) is 28.7. The Morgan fingerprint density at radius 2 is 1.91 bits per heavy atom. The predicted molar refractivity (Wildman–Crippen MR) is 151 cm³/mol. The number of nitrogens with zero attached hydrogens (tertiary/aromatic N) is 7. The van der Waals surface area contributed by atoms with Crippen LogP contribution in [0.2, 0.25) is 0 Å². The Labute approximate surface area is 246 Å². The number of hydrogen-bond acceptors (Lipinski definition) is 11. The average molecular weight is 593 g/mol. The molecule has 0 aliphatic carbocycles. The molecule has 1 aromatic heterocycles. The summed E-state index contributed by atoms with van der Waals surface area (Å²) in [7, 11) is 0. The second kappa shape index (κ2) is 12.0. The van der Waals surface area contributed by atoms with Gasteiger partial charge in [0.05, 0.1) is 37.9 Å². The number of alkyl halides is 2. The fourth-order valence-corrected chi connectivity index (χ4v) is 5.34. The van der Waals surface area contributed by atoms with Gasteiger partial charge in [-0.1, -0.05) is 0 Å². The third-order valence-corrected chi connectivity index (χ3v) is 7.89. The van der Waals surface area contributed by atoms with Gasteiger partial charge in [0.1, 0.15) is 24.8 Å². The molecule has 0 saturated carbocycles. The zero-order chi connectivity index (χ0) is 30.0. The number of rotatable bonds is 8. The maximum atomic E-state index is 14.5. The zero-order valence-electron chi connectivity index (χ0n) is 23.2. The van der Waals surface area contributed by atoms with Crippen molar-refractivity contribution in [1.29, 1.82) is 5.26 Å². The van der Waals surface area contributed by atoms with Gasteiger partial charge in [-0.3, -0.25) is 9.69 Å². The molecule has 1 atom stereocenters. The van der Waals surface area contributed by atoms with Crippen molar-refractivity contribution in [3.8, 4) is 23.2 Å². The monoisotopic (exact) mass is 592 g/mol. The Morgan fingerprint density at radius 1 is 1.14 bits per heavy atom. The van der Waals surface area contributed by atoms with Crippen LogP contribution < -0.4 is 15.0 Å². The molecule has 0 bridgehead atoms. The zero-order valence-corrected chi connectivity index (χ0v) is 23.2. The lowest BCUT2D eigenvalue weighted by Crippen LogP contribution is -2.56. The number of nitrogens with one attached hydrogen (secondary N) is 1. The third-order valence-electron chi connectivity index (χ3n) is 7.89. The Bertz CT molecular complexity index is 1510. The number of carbonyl (C=O) groups is 1. The number of aliphatic hydroxyl groups is 1. The molecule has 0 unspecified atom stereocenters. The third kappa shape index (κ3) is 6.19. The molecule has 0 radical (unpaired) electrons. The van der Waals surface area contributed by atoms with Crippen LogP contribution >= 0.6 is 0 Å². The highest BCUT2D eigenvalue weighted by Gasteiger charge is 2.51. The largest absolute Gasteiger partial charge is 0.481 e. The van der Waals surface area contributed by atoms with E-state index in [4.69, 9.17) is 14.6 Å². The molecule has 3 fully saturated rings. The predicted octanol–water partition coefficient (Wildman–Crippen LogP) is 1.89. The van der Waals surface area contributed by atoms with Crippen LogP contribution in [0.4, 0.5) is 26.1 Å². The number of nitriles is 1. The fraction of sp³-hybridized carbons (Fsp3) is 0.414. The van der Waals surface area contributed by atoms with E-state index in [-0.39, 0.29) is 17.1 Å². The van der Waals surface area contributed by atoms with E-state index in [0.29, 0.717) is 17.6 Å². The molecule has 1 amide bonds. The lowest BCUT2D eigenvalue weighted by atomic mass is 10.1. The Morgan fingerprint density at radius 3 is 2.58 bits per heavy atom. The molecule has 43 heavy (non-hydrogen) atoms. The molecular formula is C29H30F2N8O4. The van der Waals surface area contributed by atoms with Crippen molar-refractivity contribution in [3.63, 3.8) is 0 Å². The molecule has 3 aromatic rings. The van der Waals surface area contributed by atoms with Gasteiger partial charge < -0.3 is 29.7 Å². The molecular weight excluding hydrogens is 562 g/mol. The van der Waals surface area contributed by atoms with Crippen molar-refractivity contribution in [2.75, 3.05) is 69.3 Å². The molecule has 4 heterocycles. The maximum Gasteiger partial charge on any atom is 0.302 e. The topological polar surface area (TPSA) is 140 Å². The van der Waals surface area contributed by atoms with E-state index < -0.39 is 37.6 Å². The van der Waals surface area contributed by atoms with Gasteiger partial charge in [-0.25, -0.2) is 18.7 Å². The van der Waals surface area contributed by atoms with E-state index in [9.17, 15) is 18.8 Å². The number of carbonyl (C=O) groups excluding carboxylic acids is 1. The standard InChI is InChI=1S/C29H30F2N8O4/c30-29(31)17-39(26(41)14-40)13-25(29)43-24-6-1-19(11-20(24)12-32)27-33-18-34-28(36-27)35-21-2-4-22(5-3-21)37-7-9-38(10-8-37)23-15-42-16-23/h1-6,11,18,23,25,40H,7-10,13-17H2,(H,33,34,35,36)/t25-/m1/s1. The second-order valence-electron chi connectivity index (χ2n) is 10.6. The maximum absolute atomic E-state index is 14.5. The van der Waals surface area contributed by atoms with Crippen LogP contribution in [0.3, 0.4) is 0 Å². The lowest BCUT2D eigenvalue weighted by Gasteiger charge is -2.43. The van der Waals surface area contributed by atoms with E-state index in [1.54, 1.807) is 6.07 Å². The van der Waals surface area contributed by atoms with Crippen LogP contribution in [0.1, 0.15) is 5.56 Å². The Kier molecular flexibility index (Phi) is 8.02. The molecule has 0 spiro atoms. The summed E-state index contributed by atoms with van der Waals surface area (Å²) in [5, 5.41) is 21.9. The van der Waals surface area contributed by atoms with Gasteiger partial charge in [0.15, 0.2) is 11.9 Å². The summed E-state index contributed by atoms with van der Waals surface area (Å²) in [5.41, 5.74) is 2.40. The normalized spacial score (nSPS) is 20.4. The lowest BCUT2D eigenvalue weighted by molar-refractivity contribution is -0.134. The Hall–Kier alpha value is -4.45. The second-order valence-corrected chi connectivity index (χ2v) is 10.6. The van der Waals surface area contributed by atoms with E-state index in [1.807, 2.05) is 18.2 Å². The van der Waals surface area contributed by atoms with Crippen molar-refractivity contribution in [2.24, 2.45) is 0 Å². The number of anilines is 3. The van der Waals surface area contributed by atoms with Crippen LogP contribution in [-0.4, -0.2) is 113 Å². The number of piperazine rings is 1. The van der Waals surface area contributed by atoms with E-state index in [2.05, 4.69) is 42.2 Å². The first-order chi connectivity index (χ1) is 20.8. The van der Waals surface area contributed by atoms with Crippen molar-refractivity contribution in [1.82, 2.24) is 24.8 Å². The van der Waals surface area contributed by atoms with Gasteiger partial charge >= 0.3 is 5.92 Å². The molecule has 3 aliphatic rings. The molecule has 2 N–H and O–H groups in total. The van der Waals surface area contributed by atoms with Crippen LogP contribution in [-0.2, 0) is 9.53 Å². The highest BCUT2D eigenvalue weighted by Crippen LogP contribution is 2.34. The van der Waals surface area contributed by atoms with Crippen LogP contribution in [0.5, 0.6) is 5.75 Å².